The van der Waals surface area contributed by atoms with E-state index in [0.29, 0.717) is 18.1 Å². The fourth-order valence-corrected chi connectivity index (χ4v) is 5.16. The lowest BCUT2D eigenvalue weighted by Gasteiger charge is -2.55. The highest BCUT2D eigenvalue weighted by Gasteiger charge is 2.58. The maximum atomic E-state index is 9.70. The molecule has 1 saturated carbocycles. The summed E-state index contributed by atoms with van der Waals surface area (Å²) < 4.78 is 5.92. The summed E-state index contributed by atoms with van der Waals surface area (Å²) >= 11 is 0. The van der Waals surface area contributed by atoms with Crippen LogP contribution in [0.15, 0.2) is 24.3 Å². The quantitative estimate of drug-likeness (QED) is 0.862. The summed E-state index contributed by atoms with van der Waals surface area (Å²) in [5.74, 6) is 0.686. The lowest BCUT2D eigenvalue weighted by molar-refractivity contribution is -0.113. The molecule has 1 aromatic carbocycles. The van der Waals surface area contributed by atoms with Gasteiger partial charge in [0.2, 0.25) is 0 Å². The van der Waals surface area contributed by atoms with E-state index in [1.807, 2.05) is 0 Å². The number of aliphatic hydroxyl groups is 1. The summed E-state index contributed by atoms with van der Waals surface area (Å²) in [6, 6.07) is 9.36. The maximum Gasteiger partial charge on any atom is 0.0685 e. The van der Waals surface area contributed by atoms with Crippen molar-refractivity contribution in [3.63, 3.8) is 0 Å². The molecular weight excluding hydrogens is 312 g/mol. The summed E-state index contributed by atoms with van der Waals surface area (Å²) in [6.45, 7) is 9.52. The van der Waals surface area contributed by atoms with Crippen LogP contribution in [0, 0.1) is 11.3 Å². The first kappa shape index (κ1) is 17.5. The molecule has 1 aliphatic carbocycles. The second kappa shape index (κ2) is 6.99. The zero-order chi connectivity index (χ0) is 17.4. The molecule has 4 rings (SSSR count). The molecule has 3 aliphatic rings. The van der Waals surface area contributed by atoms with Crippen LogP contribution in [0.2, 0.25) is 0 Å². The minimum absolute atomic E-state index is 0.101. The Kier molecular flexibility index (Phi) is 4.89. The topological polar surface area (TPSA) is 44.7 Å². The summed E-state index contributed by atoms with van der Waals surface area (Å²) in [5.41, 5.74) is 3.06. The average Bonchev–Trinajstić information content (AvgIpc) is 3.05. The predicted octanol–water partition coefficient (Wildman–Crippen LogP) is 2.55. The van der Waals surface area contributed by atoms with E-state index in [9.17, 15) is 5.11 Å². The van der Waals surface area contributed by atoms with Crippen LogP contribution in [-0.2, 0) is 17.8 Å². The van der Waals surface area contributed by atoms with Crippen LogP contribution in [0.25, 0.3) is 0 Å². The first-order valence-corrected chi connectivity index (χ1v) is 9.88. The van der Waals surface area contributed by atoms with Crippen molar-refractivity contribution < 1.29 is 9.84 Å². The summed E-state index contributed by atoms with van der Waals surface area (Å²) in [4.78, 5) is 2.47. The normalized spacial score (nSPS) is 32.4. The number of hydrogen-bond acceptors (Lipinski definition) is 4. The highest BCUT2D eigenvalue weighted by Crippen LogP contribution is 2.52. The molecule has 0 spiro atoms. The van der Waals surface area contributed by atoms with Crippen molar-refractivity contribution in [1.82, 2.24) is 10.2 Å². The number of benzene rings is 1. The predicted molar refractivity (Wildman–Crippen MR) is 99.2 cm³/mol. The molecule has 2 saturated heterocycles. The van der Waals surface area contributed by atoms with Crippen molar-refractivity contribution in [3.05, 3.63) is 35.4 Å². The molecule has 3 fully saturated rings. The molecule has 3 atom stereocenters. The number of hydrogen-bond donors (Lipinski definition) is 2. The maximum absolute atomic E-state index is 9.70. The van der Waals surface area contributed by atoms with Gasteiger partial charge in [-0.3, -0.25) is 4.90 Å². The number of piperidine rings is 1. The zero-order valence-corrected chi connectivity index (χ0v) is 15.6. The molecule has 0 aromatic heterocycles. The molecule has 3 unspecified atom stereocenters. The SMILES string of the molecule is CC1(C)C(NCc2ccccc2CN2CCC(O)CC2)C2CCOC21. The van der Waals surface area contributed by atoms with Gasteiger partial charge >= 0.3 is 0 Å². The van der Waals surface area contributed by atoms with Crippen LogP contribution >= 0.6 is 0 Å². The third-order valence-corrected chi connectivity index (χ3v) is 6.68. The first-order valence-electron chi connectivity index (χ1n) is 9.88. The van der Waals surface area contributed by atoms with Crippen molar-refractivity contribution >= 4 is 0 Å². The van der Waals surface area contributed by atoms with Gasteiger partial charge in [-0.2, -0.15) is 0 Å². The van der Waals surface area contributed by atoms with E-state index in [0.717, 1.165) is 45.6 Å². The Bertz CT molecular complexity index is 595. The average molecular weight is 344 g/mol. The van der Waals surface area contributed by atoms with E-state index in [1.165, 1.54) is 17.5 Å². The third-order valence-electron chi connectivity index (χ3n) is 6.68. The van der Waals surface area contributed by atoms with Gasteiger partial charge in [0.05, 0.1) is 12.2 Å². The molecule has 1 aromatic rings. The van der Waals surface area contributed by atoms with Gasteiger partial charge in [0.1, 0.15) is 0 Å². The zero-order valence-electron chi connectivity index (χ0n) is 15.6. The number of aliphatic hydroxyl groups excluding tert-OH is 1. The number of nitrogens with one attached hydrogen (secondary N) is 1. The Morgan fingerprint density at radius 3 is 2.64 bits per heavy atom. The molecular formula is C21H32N2O2. The molecule has 4 nitrogen and oxygen atoms in total. The summed E-state index contributed by atoms with van der Waals surface area (Å²) in [7, 11) is 0. The lowest BCUT2D eigenvalue weighted by Crippen LogP contribution is -2.65. The Morgan fingerprint density at radius 1 is 1.16 bits per heavy atom. The Morgan fingerprint density at radius 2 is 1.88 bits per heavy atom. The Hall–Kier alpha value is -0.940. The standard InChI is InChI=1S/C21H32N2O2/c1-21(2)19(18-9-12-25-20(18)21)22-13-15-5-3-4-6-16(15)14-23-10-7-17(24)8-11-23/h3-6,17-20,22,24H,7-14H2,1-2H3. The van der Waals surface area contributed by atoms with Crippen molar-refractivity contribution in [2.24, 2.45) is 11.3 Å². The number of likely N-dealkylation sites (tertiary alicyclic amines) is 1. The molecule has 2 aliphatic heterocycles. The van der Waals surface area contributed by atoms with Gasteiger partial charge in [-0.25, -0.2) is 0 Å². The lowest BCUT2D eigenvalue weighted by atomic mass is 9.57. The van der Waals surface area contributed by atoms with Gasteiger partial charge in [0, 0.05) is 50.2 Å². The van der Waals surface area contributed by atoms with Crippen LogP contribution in [-0.4, -0.2) is 48.0 Å². The molecule has 2 heterocycles. The van der Waals surface area contributed by atoms with Crippen molar-refractivity contribution in [3.8, 4) is 0 Å². The van der Waals surface area contributed by atoms with E-state index >= 15 is 0 Å². The van der Waals surface area contributed by atoms with Crippen LogP contribution in [0.1, 0.15) is 44.2 Å². The highest BCUT2D eigenvalue weighted by atomic mass is 16.5. The van der Waals surface area contributed by atoms with Crippen LogP contribution in [0.5, 0.6) is 0 Å². The van der Waals surface area contributed by atoms with E-state index in [4.69, 9.17) is 4.74 Å². The van der Waals surface area contributed by atoms with E-state index < -0.39 is 0 Å². The smallest absolute Gasteiger partial charge is 0.0685 e. The minimum Gasteiger partial charge on any atom is -0.393 e. The monoisotopic (exact) mass is 344 g/mol. The van der Waals surface area contributed by atoms with Gasteiger partial charge in [-0.05, 0) is 30.4 Å². The molecule has 138 valence electrons. The van der Waals surface area contributed by atoms with Gasteiger partial charge < -0.3 is 15.2 Å². The van der Waals surface area contributed by atoms with Crippen LogP contribution in [0.3, 0.4) is 0 Å². The van der Waals surface area contributed by atoms with Gasteiger partial charge in [0.15, 0.2) is 0 Å². The van der Waals surface area contributed by atoms with Crippen LogP contribution in [0.4, 0.5) is 0 Å². The van der Waals surface area contributed by atoms with E-state index in [1.54, 1.807) is 0 Å². The van der Waals surface area contributed by atoms with Gasteiger partial charge in [0.25, 0.3) is 0 Å². The van der Waals surface area contributed by atoms with E-state index in [-0.39, 0.29) is 11.5 Å². The molecule has 0 radical (unpaired) electrons. The third kappa shape index (κ3) is 3.37. The fraction of sp³-hybridized carbons (Fsp3) is 0.714. The van der Waals surface area contributed by atoms with E-state index in [2.05, 4.69) is 48.3 Å². The van der Waals surface area contributed by atoms with Crippen molar-refractivity contribution in [2.45, 2.75) is 64.4 Å². The summed E-state index contributed by atoms with van der Waals surface area (Å²) in [5, 5.41) is 13.5. The largest absolute Gasteiger partial charge is 0.393 e. The molecule has 25 heavy (non-hydrogen) atoms. The van der Waals surface area contributed by atoms with Gasteiger partial charge in [-0.1, -0.05) is 38.1 Å². The second-order valence-corrected chi connectivity index (χ2v) is 8.70. The number of fused-ring (bicyclic) bond motifs is 1. The molecule has 4 heteroatoms. The number of ether oxygens (including phenoxy) is 1. The van der Waals surface area contributed by atoms with Crippen LogP contribution < -0.4 is 5.32 Å². The summed E-state index contributed by atoms with van der Waals surface area (Å²) in [6.07, 6.45) is 3.35. The second-order valence-electron chi connectivity index (χ2n) is 8.70. The van der Waals surface area contributed by atoms with Gasteiger partial charge in [-0.15, -0.1) is 0 Å². The Balaban J connectivity index is 1.38. The first-order chi connectivity index (χ1) is 12.1. The number of nitrogens with zero attached hydrogens (tertiary/aromatic N) is 1. The molecule has 2 N–H and O–H groups in total. The van der Waals surface area contributed by atoms with Crippen molar-refractivity contribution in [2.75, 3.05) is 19.7 Å². The highest BCUT2D eigenvalue weighted by molar-refractivity contribution is 5.27. The molecule has 0 bridgehead atoms. The number of rotatable bonds is 5. The Labute approximate surface area is 151 Å². The minimum atomic E-state index is -0.101. The molecule has 0 amide bonds. The van der Waals surface area contributed by atoms with Crippen molar-refractivity contribution in [1.29, 1.82) is 0 Å². The fourth-order valence-electron chi connectivity index (χ4n) is 5.16.